The largest absolute Gasteiger partial charge is 0.465 e. The zero-order valence-corrected chi connectivity index (χ0v) is 14.7. The summed E-state index contributed by atoms with van der Waals surface area (Å²) in [5, 5.41) is 3.21. The maximum Gasteiger partial charge on any atom is 0.247 e. The number of anilines is 2. The molecule has 1 N–H and O–H groups in total. The van der Waals surface area contributed by atoms with Gasteiger partial charge in [0.25, 0.3) is 0 Å². The van der Waals surface area contributed by atoms with Gasteiger partial charge >= 0.3 is 0 Å². The van der Waals surface area contributed by atoms with Crippen LogP contribution in [0.1, 0.15) is 30.3 Å². The van der Waals surface area contributed by atoms with Crippen molar-refractivity contribution < 1.29 is 9.21 Å². The predicted octanol–water partition coefficient (Wildman–Crippen LogP) is 3.59. The third-order valence-electron chi connectivity index (χ3n) is 4.42. The highest BCUT2D eigenvalue weighted by Crippen LogP contribution is 2.34. The van der Waals surface area contributed by atoms with Crippen molar-refractivity contribution in [1.29, 1.82) is 0 Å². The normalized spacial score (nSPS) is 16.7. The van der Waals surface area contributed by atoms with Gasteiger partial charge in [0.1, 0.15) is 17.3 Å². The predicted molar refractivity (Wildman–Crippen MR) is 101 cm³/mol. The molecule has 0 aromatic carbocycles. The Kier molecular flexibility index (Phi) is 4.91. The minimum Gasteiger partial charge on any atom is -0.465 e. The number of likely N-dealkylation sites (tertiary alicyclic amines) is 1. The van der Waals surface area contributed by atoms with E-state index in [1.807, 2.05) is 29.2 Å². The van der Waals surface area contributed by atoms with E-state index in [1.54, 1.807) is 43.1 Å². The maximum atomic E-state index is 12.7. The summed E-state index contributed by atoms with van der Waals surface area (Å²) in [7, 11) is 0. The lowest BCUT2D eigenvalue weighted by atomic mass is 10.1. The first-order valence-electron chi connectivity index (χ1n) is 8.82. The molecule has 4 heterocycles. The van der Waals surface area contributed by atoms with Gasteiger partial charge in [-0.05, 0) is 43.2 Å². The number of rotatable bonds is 5. The van der Waals surface area contributed by atoms with E-state index in [1.165, 1.54) is 0 Å². The van der Waals surface area contributed by atoms with Crippen molar-refractivity contribution in [3.8, 4) is 0 Å². The first kappa shape index (κ1) is 17.0. The van der Waals surface area contributed by atoms with Crippen molar-refractivity contribution in [2.45, 2.75) is 18.9 Å². The average Bonchev–Trinajstić information content (AvgIpc) is 3.39. The Morgan fingerprint density at radius 3 is 2.89 bits per heavy atom. The highest BCUT2D eigenvalue weighted by Gasteiger charge is 2.32. The molecular weight excluding hydrogens is 342 g/mol. The van der Waals surface area contributed by atoms with E-state index in [0.29, 0.717) is 23.9 Å². The van der Waals surface area contributed by atoms with Crippen molar-refractivity contribution in [1.82, 2.24) is 19.9 Å². The molecule has 1 fully saturated rings. The molecule has 3 aromatic rings. The van der Waals surface area contributed by atoms with Crippen molar-refractivity contribution in [2.75, 3.05) is 11.9 Å². The fourth-order valence-electron chi connectivity index (χ4n) is 3.20. The molecule has 27 heavy (non-hydrogen) atoms. The zero-order valence-electron chi connectivity index (χ0n) is 14.7. The van der Waals surface area contributed by atoms with E-state index in [-0.39, 0.29) is 11.9 Å². The smallest absolute Gasteiger partial charge is 0.247 e. The summed E-state index contributed by atoms with van der Waals surface area (Å²) in [6.45, 7) is 0.686. The molecule has 1 amide bonds. The number of hydrogen-bond donors (Lipinski definition) is 1. The molecule has 0 bridgehead atoms. The molecule has 0 aliphatic carbocycles. The van der Waals surface area contributed by atoms with Gasteiger partial charge in [0, 0.05) is 31.2 Å². The number of hydrogen-bond acceptors (Lipinski definition) is 6. The SMILES string of the molecule is O=C(/C=C/c1ccco1)N1CCCC1c1nccnc1Nc1ccccn1. The van der Waals surface area contributed by atoms with Crippen molar-refractivity contribution in [3.63, 3.8) is 0 Å². The zero-order chi connectivity index (χ0) is 18.5. The topological polar surface area (TPSA) is 84.2 Å². The number of furan rings is 1. The first-order chi connectivity index (χ1) is 13.3. The van der Waals surface area contributed by atoms with Crippen LogP contribution < -0.4 is 5.32 Å². The van der Waals surface area contributed by atoms with Gasteiger partial charge in [-0.1, -0.05) is 6.07 Å². The summed E-state index contributed by atoms with van der Waals surface area (Å²) < 4.78 is 5.25. The van der Waals surface area contributed by atoms with Gasteiger partial charge in [0.05, 0.1) is 12.3 Å². The third-order valence-corrected chi connectivity index (χ3v) is 4.42. The highest BCUT2D eigenvalue weighted by atomic mass is 16.3. The van der Waals surface area contributed by atoms with Crippen LogP contribution in [0.25, 0.3) is 6.08 Å². The lowest BCUT2D eigenvalue weighted by Gasteiger charge is -2.24. The van der Waals surface area contributed by atoms with Crippen molar-refractivity contribution >= 4 is 23.6 Å². The van der Waals surface area contributed by atoms with Crippen LogP contribution in [0.15, 0.2) is 65.7 Å². The maximum absolute atomic E-state index is 12.7. The molecule has 7 nitrogen and oxygen atoms in total. The summed E-state index contributed by atoms with van der Waals surface area (Å²) >= 11 is 0. The van der Waals surface area contributed by atoms with Gasteiger partial charge in [0.15, 0.2) is 5.82 Å². The Hall–Kier alpha value is -3.48. The first-order valence-corrected chi connectivity index (χ1v) is 8.82. The minimum atomic E-state index is -0.126. The second-order valence-corrected chi connectivity index (χ2v) is 6.17. The number of nitrogens with one attached hydrogen (secondary N) is 1. The van der Waals surface area contributed by atoms with Gasteiger partial charge in [-0.3, -0.25) is 9.78 Å². The monoisotopic (exact) mass is 361 g/mol. The van der Waals surface area contributed by atoms with Crippen LogP contribution in [0.5, 0.6) is 0 Å². The van der Waals surface area contributed by atoms with Crippen LogP contribution in [0.3, 0.4) is 0 Å². The van der Waals surface area contributed by atoms with Crippen LogP contribution in [0, 0.1) is 0 Å². The van der Waals surface area contributed by atoms with Crippen LogP contribution in [0.4, 0.5) is 11.6 Å². The number of carbonyl (C=O) groups is 1. The molecule has 0 saturated carbocycles. The lowest BCUT2D eigenvalue weighted by molar-refractivity contribution is -0.126. The molecule has 136 valence electrons. The van der Waals surface area contributed by atoms with Crippen LogP contribution >= 0.6 is 0 Å². The van der Waals surface area contributed by atoms with Crippen LogP contribution in [-0.2, 0) is 4.79 Å². The Bertz CT molecular complexity index is 925. The molecular formula is C20H19N5O2. The molecule has 1 unspecified atom stereocenters. The van der Waals surface area contributed by atoms with Crippen LogP contribution in [-0.4, -0.2) is 32.3 Å². The Balaban J connectivity index is 1.56. The molecule has 1 saturated heterocycles. The Morgan fingerprint density at radius 2 is 2.07 bits per heavy atom. The van der Waals surface area contributed by atoms with Gasteiger partial charge in [0.2, 0.25) is 5.91 Å². The second kappa shape index (κ2) is 7.82. The van der Waals surface area contributed by atoms with E-state index >= 15 is 0 Å². The third kappa shape index (κ3) is 3.87. The van der Waals surface area contributed by atoms with E-state index < -0.39 is 0 Å². The summed E-state index contributed by atoms with van der Waals surface area (Å²) in [5.74, 6) is 1.89. The van der Waals surface area contributed by atoms with Gasteiger partial charge in [-0.15, -0.1) is 0 Å². The van der Waals surface area contributed by atoms with Crippen LogP contribution in [0.2, 0.25) is 0 Å². The lowest BCUT2D eigenvalue weighted by Crippen LogP contribution is -2.30. The Morgan fingerprint density at radius 1 is 1.15 bits per heavy atom. The summed E-state index contributed by atoms with van der Waals surface area (Å²) in [6.07, 6.45) is 11.6. The standard InChI is InChI=1S/C20H19N5O2/c26-18(9-8-15-5-4-14-27-15)25-13-3-6-16(25)19-20(23-12-11-22-19)24-17-7-1-2-10-21-17/h1-2,4-5,7-12,14,16H,3,6,13H2,(H,21,23,24)/b9-8+. The minimum absolute atomic E-state index is 0.0664. The molecule has 7 heteroatoms. The average molecular weight is 361 g/mol. The molecule has 1 atom stereocenters. The fraction of sp³-hybridized carbons (Fsp3) is 0.200. The number of aromatic nitrogens is 3. The summed E-state index contributed by atoms with van der Waals surface area (Å²) in [4.78, 5) is 27.7. The Labute approximate surface area is 156 Å². The molecule has 0 radical (unpaired) electrons. The van der Waals surface area contributed by atoms with E-state index in [9.17, 15) is 4.79 Å². The van der Waals surface area contributed by atoms with E-state index in [4.69, 9.17) is 4.42 Å². The quantitative estimate of drug-likeness (QED) is 0.699. The van der Waals surface area contributed by atoms with Gasteiger partial charge in [-0.2, -0.15) is 0 Å². The molecule has 0 spiro atoms. The van der Waals surface area contributed by atoms with Crippen molar-refractivity contribution in [3.05, 3.63) is 72.7 Å². The number of pyridine rings is 1. The van der Waals surface area contributed by atoms with Gasteiger partial charge < -0.3 is 14.6 Å². The summed E-state index contributed by atoms with van der Waals surface area (Å²) in [6, 6.07) is 9.09. The summed E-state index contributed by atoms with van der Waals surface area (Å²) in [5.41, 5.74) is 0.750. The molecule has 1 aliphatic heterocycles. The van der Waals surface area contributed by atoms with E-state index in [2.05, 4.69) is 20.3 Å². The fourth-order valence-corrected chi connectivity index (χ4v) is 3.20. The van der Waals surface area contributed by atoms with Crippen molar-refractivity contribution in [2.24, 2.45) is 0 Å². The second-order valence-electron chi connectivity index (χ2n) is 6.17. The molecule has 3 aromatic heterocycles. The van der Waals surface area contributed by atoms with Gasteiger partial charge in [-0.25, -0.2) is 9.97 Å². The number of amides is 1. The molecule has 4 rings (SSSR count). The number of nitrogens with zero attached hydrogens (tertiary/aromatic N) is 4. The number of carbonyl (C=O) groups excluding carboxylic acids is 1. The van der Waals surface area contributed by atoms with E-state index in [0.717, 1.165) is 18.5 Å². The molecule has 1 aliphatic rings. The highest BCUT2D eigenvalue weighted by molar-refractivity contribution is 5.92.